The van der Waals surface area contributed by atoms with Crippen LogP contribution in [0.25, 0.3) is 11.3 Å². The van der Waals surface area contributed by atoms with Crippen molar-refractivity contribution in [1.29, 1.82) is 0 Å². The van der Waals surface area contributed by atoms with E-state index in [-0.39, 0.29) is 6.10 Å². The van der Waals surface area contributed by atoms with Crippen molar-refractivity contribution in [3.63, 3.8) is 0 Å². The van der Waals surface area contributed by atoms with Gasteiger partial charge < -0.3 is 14.5 Å². The van der Waals surface area contributed by atoms with Gasteiger partial charge >= 0.3 is 0 Å². The first-order chi connectivity index (χ1) is 8.19. The predicted molar refractivity (Wildman–Crippen MR) is 66.3 cm³/mol. The van der Waals surface area contributed by atoms with Gasteiger partial charge in [0, 0.05) is 0 Å². The summed E-state index contributed by atoms with van der Waals surface area (Å²) in [5.74, 6) is 0.871. The first-order valence-corrected chi connectivity index (χ1v) is 5.55. The molecule has 2 rings (SSSR count). The largest absolute Gasteiger partial charge is 0.491 e. The maximum absolute atomic E-state index is 5.58. The quantitative estimate of drug-likeness (QED) is 0.881. The number of hydrogen-bond donors (Lipinski definition) is 1. The van der Waals surface area contributed by atoms with Crippen LogP contribution in [0.2, 0.25) is 0 Å². The molecule has 1 aromatic carbocycles. The number of H-pyrrole nitrogens is 1. The zero-order chi connectivity index (χ0) is 12.3. The number of hydrogen-bond acceptors (Lipinski definition) is 3. The highest BCUT2D eigenvalue weighted by molar-refractivity contribution is 5.59. The predicted octanol–water partition coefficient (Wildman–Crippen LogP) is 2.87. The van der Waals surface area contributed by atoms with Crippen LogP contribution in [0.5, 0.6) is 11.8 Å². The molecule has 1 aromatic heterocycles. The maximum Gasteiger partial charge on any atom is 0.293 e. The SMILES string of the molecule is COc1ncc(-c2ccc(OC(C)C)cc2)[nH]1. The fourth-order valence-electron chi connectivity index (χ4n) is 1.54. The summed E-state index contributed by atoms with van der Waals surface area (Å²) < 4.78 is 10.6. The molecule has 0 saturated carbocycles. The molecule has 0 amide bonds. The molecule has 4 nitrogen and oxygen atoms in total. The van der Waals surface area contributed by atoms with Crippen molar-refractivity contribution in [2.24, 2.45) is 0 Å². The van der Waals surface area contributed by atoms with E-state index in [4.69, 9.17) is 9.47 Å². The highest BCUT2D eigenvalue weighted by Gasteiger charge is 2.03. The number of imidazole rings is 1. The van der Waals surface area contributed by atoms with Gasteiger partial charge in [-0.05, 0) is 43.7 Å². The van der Waals surface area contributed by atoms with Crippen molar-refractivity contribution in [2.75, 3.05) is 7.11 Å². The van der Waals surface area contributed by atoms with Gasteiger partial charge in [-0.2, -0.15) is 0 Å². The van der Waals surface area contributed by atoms with Crippen molar-refractivity contribution < 1.29 is 9.47 Å². The van der Waals surface area contributed by atoms with Crippen LogP contribution in [-0.4, -0.2) is 23.2 Å². The van der Waals surface area contributed by atoms with Crippen LogP contribution in [-0.2, 0) is 0 Å². The van der Waals surface area contributed by atoms with Crippen LogP contribution in [0, 0.1) is 0 Å². The summed E-state index contributed by atoms with van der Waals surface area (Å²) in [5, 5.41) is 0. The van der Waals surface area contributed by atoms with Crippen molar-refractivity contribution in [3.05, 3.63) is 30.5 Å². The highest BCUT2D eigenvalue weighted by Crippen LogP contribution is 2.22. The number of nitrogens with one attached hydrogen (secondary N) is 1. The highest BCUT2D eigenvalue weighted by atomic mass is 16.5. The van der Waals surface area contributed by atoms with E-state index in [1.54, 1.807) is 13.3 Å². The molecule has 1 heterocycles. The van der Waals surface area contributed by atoms with E-state index in [2.05, 4.69) is 9.97 Å². The summed E-state index contributed by atoms with van der Waals surface area (Å²) in [5.41, 5.74) is 1.98. The second-order valence-electron chi connectivity index (χ2n) is 4.00. The summed E-state index contributed by atoms with van der Waals surface area (Å²) in [6.07, 6.45) is 1.94. The summed E-state index contributed by atoms with van der Waals surface area (Å²) >= 11 is 0. The van der Waals surface area contributed by atoms with Crippen molar-refractivity contribution in [3.8, 4) is 23.0 Å². The molecule has 4 heteroatoms. The molecule has 90 valence electrons. The van der Waals surface area contributed by atoms with Crippen LogP contribution in [0.4, 0.5) is 0 Å². The zero-order valence-corrected chi connectivity index (χ0v) is 10.2. The maximum atomic E-state index is 5.58. The third-order valence-electron chi connectivity index (χ3n) is 2.28. The Labute approximate surface area is 101 Å². The molecule has 0 saturated heterocycles. The van der Waals surface area contributed by atoms with Crippen LogP contribution >= 0.6 is 0 Å². The summed E-state index contributed by atoms with van der Waals surface area (Å²) in [7, 11) is 1.59. The van der Waals surface area contributed by atoms with Crippen LogP contribution in [0.15, 0.2) is 30.5 Å². The molecule has 0 bridgehead atoms. The lowest BCUT2D eigenvalue weighted by molar-refractivity contribution is 0.242. The molecule has 0 aliphatic heterocycles. The lowest BCUT2D eigenvalue weighted by atomic mass is 10.2. The summed E-state index contributed by atoms with van der Waals surface area (Å²) in [6, 6.07) is 8.39. The zero-order valence-electron chi connectivity index (χ0n) is 10.2. The van der Waals surface area contributed by atoms with Gasteiger partial charge in [-0.1, -0.05) is 0 Å². The van der Waals surface area contributed by atoms with Gasteiger partial charge in [-0.3, -0.25) is 0 Å². The average Bonchev–Trinajstić information content (AvgIpc) is 2.78. The molecule has 1 N–H and O–H groups in total. The standard InChI is InChI=1S/C13H16N2O2/c1-9(2)17-11-6-4-10(5-7-11)12-8-14-13(15-12)16-3/h4-9H,1-3H3,(H,14,15). The first-order valence-electron chi connectivity index (χ1n) is 5.55. The van der Waals surface area contributed by atoms with Crippen LogP contribution in [0.3, 0.4) is 0 Å². The molecule has 0 aliphatic rings. The minimum atomic E-state index is 0.188. The number of rotatable bonds is 4. The molecule has 0 spiro atoms. The van der Waals surface area contributed by atoms with E-state index in [1.165, 1.54) is 0 Å². The van der Waals surface area contributed by atoms with E-state index in [0.717, 1.165) is 17.0 Å². The molecule has 0 atom stereocenters. The van der Waals surface area contributed by atoms with E-state index in [9.17, 15) is 0 Å². The molecule has 2 aromatic rings. The van der Waals surface area contributed by atoms with E-state index >= 15 is 0 Å². The normalized spacial score (nSPS) is 10.6. The van der Waals surface area contributed by atoms with Crippen LogP contribution in [0.1, 0.15) is 13.8 Å². The number of nitrogens with zero attached hydrogens (tertiary/aromatic N) is 1. The number of aromatic amines is 1. The molecular formula is C13H16N2O2. The number of methoxy groups -OCH3 is 1. The van der Waals surface area contributed by atoms with Gasteiger partial charge in [0.25, 0.3) is 6.01 Å². The summed E-state index contributed by atoms with van der Waals surface area (Å²) in [4.78, 5) is 7.14. The van der Waals surface area contributed by atoms with E-state index < -0.39 is 0 Å². The Morgan fingerprint density at radius 1 is 1.18 bits per heavy atom. The van der Waals surface area contributed by atoms with Gasteiger partial charge in [-0.25, -0.2) is 4.98 Å². The lowest BCUT2D eigenvalue weighted by Gasteiger charge is -2.09. The van der Waals surface area contributed by atoms with Gasteiger partial charge in [0.15, 0.2) is 0 Å². The van der Waals surface area contributed by atoms with Gasteiger partial charge in [0.1, 0.15) is 5.75 Å². The monoisotopic (exact) mass is 232 g/mol. The molecule has 0 radical (unpaired) electrons. The second-order valence-corrected chi connectivity index (χ2v) is 4.00. The minimum absolute atomic E-state index is 0.188. The number of benzene rings is 1. The van der Waals surface area contributed by atoms with E-state index in [1.807, 2.05) is 38.1 Å². The summed E-state index contributed by atoms with van der Waals surface area (Å²) in [6.45, 7) is 4.02. The van der Waals surface area contributed by atoms with Crippen molar-refractivity contribution >= 4 is 0 Å². The van der Waals surface area contributed by atoms with Crippen LogP contribution < -0.4 is 9.47 Å². The third-order valence-corrected chi connectivity index (χ3v) is 2.28. The van der Waals surface area contributed by atoms with E-state index in [0.29, 0.717) is 6.01 Å². The van der Waals surface area contributed by atoms with Gasteiger partial charge in [0.2, 0.25) is 0 Å². The number of ether oxygens (including phenoxy) is 2. The molecule has 0 unspecified atom stereocenters. The minimum Gasteiger partial charge on any atom is -0.491 e. The van der Waals surface area contributed by atoms with Gasteiger partial charge in [-0.15, -0.1) is 0 Å². The van der Waals surface area contributed by atoms with Crippen molar-refractivity contribution in [2.45, 2.75) is 20.0 Å². The Balaban J connectivity index is 2.17. The number of aromatic nitrogens is 2. The average molecular weight is 232 g/mol. The Hall–Kier alpha value is -1.97. The van der Waals surface area contributed by atoms with Gasteiger partial charge in [0.05, 0.1) is 25.1 Å². The van der Waals surface area contributed by atoms with Crippen molar-refractivity contribution in [1.82, 2.24) is 9.97 Å². The third kappa shape index (κ3) is 2.78. The Morgan fingerprint density at radius 2 is 1.88 bits per heavy atom. The fraction of sp³-hybridized carbons (Fsp3) is 0.308. The molecule has 0 aliphatic carbocycles. The Morgan fingerprint density at radius 3 is 2.41 bits per heavy atom. The smallest absolute Gasteiger partial charge is 0.293 e. The Kier molecular flexibility index (Phi) is 3.32. The fourth-order valence-corrected chi connectivity index (χ4v) is 1.54. The lowest BCUT2D eigenvalue weighted by Crippen LogP contribution is -2.05. The second kappa shape index (κ2) is 4.91. The topological polar surface area (TPSA) is 47.1 Å². The molecule has 0 fully saturated rings. The Bertz CT molecular complexity index is 474. The molecule has 17 heavy (non-hydrogen) atoms. The molecular weight excluding hydrogens is 216 g/mol. The first kappa shape index (κ1) is 11.5.